The quantitative estimate of drug-likeness (QED) is 0.288. The molecule has 3 amide bonds. The Morgan fingerprint density at radius 3 is 1.61 bits per heavy atom. The van der Waals surface area contributed by atoms with Gasteiger partial charge in [-0.15, -0.1) is 0 Å². The molecule has 4 atom stereocenters. The van der Waals surface area contributed by atoms with Crippen molar-refractivity contribution < 1.29 is 56.7 Å². The molecule has 0 bridgehead atoms. The van der Waals surface area contributed by atoms with E-state index in [4.69, 9.17) is 0 Å². The molecule has 0 aliphatic carbocycles. The van der Waals surface area contributed by atoms with Gasteiger partial charge in [-0.05, 0) is 47.4 Å². The van der Waals surface area contributed by atoms with Crippen molar-refractivity contribution >= 4 is 29.8 Å². The zero-order chi connectivity index (χ0) is 23.8. The molecule has 9 nitrogen and oxygen atoms in total. The van der Waals surface area contributed by atoms with Crippen molar-refractivity contribution in [2.75, 3.05) is 35.2 Å². The van der Waals surface area contributed by atoms with E-state index in [1.165, 1.54) is 55.8 Å². The molecule has 0 spiro atoms. The van der Waals surface area contributed by atoms with Gasteiger partial charge in [0.1, 0.15) is 12.1 Å². The van der Waals surface area contributed by atoms with Gasteiger partial charge >= 0.3 is 0 Å². The molecule has 0 saturated carbocycles. The second-order valence-electron chi connectivity index (χ2n) is 7.72. The van der Waals surface area contributed by atoms with Crippen LogP contribution in [0.1, 0.15) is 34.1 Å². The number of carbonyl (C=O) groups excluding carboxylic acids is 5. The molecule has 4 unspecified atom stereocenters. The predicted molar refractivity (Wildman–Crippen MR) is 114 cm³/mol. The minimum atomic E-state index is -0.813. The van der Waals surface area contributed by atoms with Gasteiger partial charge in [0.25, 0.3) is 0 Å². The Morgan fingerprint density at radius 1 is 0.806 bits per heavy atom. The molecule has 0 N–H and O–H groups in total. The zero-order valence-corrected chi connectivity index (χ0v) is 22.9. The number of ketones is 1. The Bertz CT molecular complexity index is 683. The molecule has 0 aromatic heterocycles. The summed E-state index contributed by atoms with van der Waals surface area (Å²) in [6.07, 6.45) is 5.11. The van der Waals surface area contributed by atoms with Gasteiger partial charge in [-0.3, -0.25) is 24.1 Å². The van der Waals surface area contributed by atoms with Gasteiger partial charge < -0.3 is 19.5 Å². The number of likely N-dealkylation sites (N-methyl/N-ethyl adjacent to an activating group) is 4. The molecule has 1 radical (unpaired) electrons. The Balaban J connectivity index is 0. The Morgan fingerprint density at radius 2 is 1.23 bits per heavy atom. The van der Waals surface area contributed by atoms with Crippen LogP contribution in [-0.2, 0) is 56.7 Å². The number of rotatable bonds is 11. The van der Waals surface area contributed by atoms with Gasteiger partial charge in [0.2, 0.25) is 17.7 Å². The van der Waals surface area contributed by atoms with E-state index in [0.717, 1.165) is 0 Å². The first-order chi connectivity index (χ1) is 13.8. The van der Waals surface area contributed by atoms with E-state index in [9.17, 15) is 24.0 Å². The summed E-state index contributed by atoms with van der Waals surface area (Å²) in [7, 11) is 7.99. The number of allylic oxidation sites excluding steroid dienone is 1. The third-order valence-corrected chi connectivity index (χ3v) is 5.29. The molecule has 0 aromatic rings. The predicted octanol–water partition coefficient (Wildman–Crippen LogP) is 0.0998. The average molecular weight is 512 g/mol. The molecule has 0 saturated heterocycles. The first-order valence-electron chi connectivity index (χ1n) is 9.79. The molecular formula is C21H35N4O5Y-. The Kier molecular flexibility index (Phi) is 14.9. The molecular weight excluding hydrogens is 477 g/mol. The third kappa shape index (κ3) is 9.29. The summed E-state index contributed by atoms with van der Waals surface area (Å²) in [6.45, 7) is 6.13. The largest absolute Gasteiger partial charge is 0.540 e. The summed E-state index contributed by atoms with van der Waals surface area (Å²) in [5, 5.41) is 0. The van der Waals surface area contributed by atoms with E-state index >= 15 is 0 Å². The maximum atomic E-state index is 12.9. The molecule has 0 rings (SSSR count). The van der Waals surface area contributed by atoms with Crippen LogP contribution in [-0.4, -0.2) is 109 Å². The molecule has 0 aromatic carbocycles. The fourth-order valence-corrected chi connectivity index (χ4v) is 2.70. The van der Waals surface area contributed by atoms with E-state index in [1.54, 1.807) is 45.2 Å². The maximum absolute atomic E-state index is 12.9. The van der Waals surface area contributed by atoms with Crippen LogP contribution in [0.3, 0.4) is 0 Å². The molecule has 10 heteroatoms. The number of hydrogen-bond donors (Lipinski definition) is 0. The zero-order valence-electron chi connectivity index (χ0n) is 20.1. The molecule has 0 aliphatic heterocycles. The summed E-state index contributed by atoms with van der Waals surface area (Å²) < 4.78 is 0. The van der Waals surface area contributed by atoms with Gasteiger partial charge in [-0.1, -0.05) is 19.0 Å². The van der Waals surface area contributed by atoms with Gasteiger partial charge in [-0.25, -0.2) is 6.29 Å². The minimum absolute atomic E-state index is 0. The van der Waals surface area contributed by atoms with Gasteiger partial charge in [0.15, 0.2) is 5.78 Å². The number of hydrogen-bond acceptors (Lipinski definition) is 6. The normalized spacial score (nSPS) is 14.8. The summed E-state index contributed by atoms with van der Waals surface area (Å²) in [5.74, 6) is -1.19. The van der Waals surface area contributed by atoms with Crippen LogP contribution in [0.25, 0.3) is 0 Å². The van der Waals surface area contributed by atoms with Crippen molar-refractivity contribution in [3.8, 4) is 0 Å². The standard InChI is InChI=1S/C21H35N4O5.Y/c1-14(13-26)23(7)19(28)16(3)24(8)20(29)17(4)25(9)21(30)18(22(5)6)12-10-11-15(2)27;/h10-11,14,16-18H,12H2,1-9H3;/q-1;/b11-10+;. The summed E-state index contributed by atoms with van der Waals surface area (Å²) in [4.78, 5) is 65.8. The molecule has 0 heterocycles. The monoisotopic (exact) mass is 512 g/mol. The van der Waals surface area contributed by atoms with Gasteiger partial charge in [0.05, 0.1) is 6.04 Å². The number of nitrogens with zero attached hydrogens (tertiary/aromatic N) is 4. The van der Waals surface area contributed by atoms with Gasteiger partial charge in [0, 0.05) is 53.9 Å². The topological polar surface area (TPSA) is 98.3 Å². The van der Waals surface area contributed by atoms with E-state index in [2.05, 4.69) is 0 Å². The fourth-order valence-electron chi connectivity index (χ4n) is 2.70. The van der Waals surface area contributed by atoms with E-state index in [-0.39, 0.29) is 44.4 Å². The number of carbonyl (C=O) groups is 4. The maximum Gasteiger partial charge on any atom is 0.245 e. The van der Waals surface area contributed by atoms with Crippen molar-refractivity contribution in [1.82, 2.24) is 19.6 Å². The Labute approximate surface area is 211 Å². The summed E-state index contributed by atoms with van der Waals surface area (Å²) >= 11 is 0. The number of amides is 3. The molecule has 31 heavy (non-hydrogen) atoms. The van der Waals surface area contributed by atoms with E-state index < -0.39 is 36.0 Å². The summed E-state index contributed by atoms with van der Waals surface area (Å²) in [6, 6.07) is -2.89. The SMILES string of the molecule is CC(=O)/C=C/CC(C(=O)N(C)C(C)C(=O)N(C)C(C)C(=O)N(C)C(C)[C-]=O)N(C)C.[Y]. The Hall–Kier alpha value is -1.45. The van der Waals surface area contributed by atoms with Gasteiger partial charge in [-0.2, -0.15) is 0 Å². The van der Waals surface area contributed by atoms with Crippen LogP contribution in [0.4, 0.5) is 0 Å². The van der Waals surface area contributed by atoms with E-state index in [0.29, 0.717) is 6.42 Å². The smallest absolute Gasteiger partial charge is 0.245 e. The second kappa shape index (κ2) is 14.6. The van der Waals surface area contributed by atoms with Crippen LogP contribution < -0.4 is 0 Å². The molecule has 173 valence electrons. The van der Waals surface area contributed by atoms with Crippen molar-refractivity contribution in [3.63, 3.8) is 0 Å². The van der Waals surface area contributed by atoms with Crippen molar-refractivity contribution in [3.05, 3.63) is 12.2 Å². The van der Waals surface area contributed by atoms with Crippen molar-refractivity contribution in [2.45, 2.75) is 58.3 Å². The van der Waals surface area contributed by atoms with Crippen LogP contribution in [0.5, 0.6) is 0 Å². The second-order valence-corrected chi connectivity index (χ2v) is 7.72. The van der Waals surface area contributed by atoms with Crippen molar-refractivity contribution in [2.24, 2.45) is 0 Å². The van der Waals surface area contributed by atoms with Crippen LogP contribution >= 0.6 is 0 Å². The molecule has 0 fully saturated rings. The first-order valence-corrected chi connectivity index (χ1v) is 9.79. The fraction of sp³-hybridized carbons (Fsp3) is 0.667. The first kappa shape index (κ1) is 31.7. The average Bonchev–Trinajstić information content (AvgIpc) is 2.71. The van der Waals surface area contributed by atoms with Crippen LogP contribution in [0, 0.1) is 0 Å². The minimum Gasteiger partial charge on any atom is -0.540 e. The third-order valence-electron chi connectivity index (χ3n) is 5.29. The van der Waals surface area contributed by atoms with E-state index in [1.807, 2.05) is 0 Å². The van der Waals surface area contributed by atoms with Crippen LogP contribution in [0.2, 0.25) is 0 Å². The molecule has 0 aliphatic rings. The van der Waals surface area contributed by atoms with Crippen LogP contribution in [0.15, 0.2) is 12.2 Å². The van der Waals surface area contributed by atoms with Crippen molar-refractivity contribution in [1.29, 1.82) is 0 Å². The summed E-state index contributed by atoms with van der Waals surface area (Å²) in [5.41, 5.74) is 0.